The van der Waals surface area contributed by atoms with Crippen LogP contribution >= 0.6 is 15.9 Å². The summed E-state index contributed by atoms with van der Waals surface area (Å²) in [7, 11) is 0. The van der Waals surface area contributed by atoms with Gasteiger partial charge in [0.2, 0.25) is 0 Å². The van der Waals surface area contributed by atoms with Crippen LogP contribution in [0.3, 0.4) is 0 Å². The van der Waals surface area contributed by atoms with Gasteiger partial charge >= 0.3 is 0 Å². The Morgan fingerprint density at radius 1 is 0.562 bits per heavy atom. The van der Waals surface area contributed by atoms with Gasteiger partial charge in [-0.1, -0.05) is 88.7 Å². The van der Waals surface area contributed by atoms with Gasteiger partial charge in [0.1, 0.15) is 5.82 Å². The monoisotopic (exact) mass is 472 g/mol. The lowest BCUT2D eigenvalue weighted by Crippen LogP contribution is -1.99. The Morgan fingerprint density at radius 3 is 2.12 bits per heavy atom. The zero-order chi connectivity index (χ0) is 21.2. The predicted molar refractivity (Wildman–Crippen MR) is 139 cm³/mol. The number of benzene rings is 5. The maximum atomic E-state index is 5.20. The number of aromatic nitrogens is 2. The Kier molecular flexibility index (Phi) is 3.73. The van der Waals surface area contributed by atoms with Crippen molar-refractivity contribution < 1.29 is 0 Å². The second-order valence-corrected chi connectivity index (χ2v) is 9.09. The summed E-state index contributed by atoms with van der Waals surface area (Å²) < 4.78 is 3.41. The van der Waals surface area contributed by atoms with Crippen LogP contribution in [0.1, 0.15) is 0 Å². The molecule has 0 spiro atoms. The molecule has 5 aromatic carbocycles. The Bertz CT molecular complexity index is 1850. The fourth-order valence-electron chi connectivity index (χ4n) is 5.05. The van der Waals surface area contributed by atoms with Crippen molar-refractivity contribution in [2.75, 3.05) is 0 Å². The number of fused-ring (bicyclic) bond motifs is 8. The molecule has 2 aromatic heterocycles. The molecule has 0 saturated carbocycles. The standard InChI is InChI=1S/C29H17BrN2/c30-19-14-16-26-24(17-19)28-20-8-2-1-7-18(20)13-15-27(28)32(26)29-23-11-4-3-9-21(23)22-10-5-6-12-25(22)31-29/h1-17H. The SMILES string of the molecule is Brc1ccc2c(c1)c1c3ccccc3ccc1n2-c1nc2ccccc2c2ccccc12. The highest BCUT2D eigenvalue weighted by Gasteiger charge is 2.18. The summed E-state index contributed by atoms with van der Waals surface area (Å²) in [5, 5.41) is 8.55. The quantitative estimate of drug-likeness (QED) is 0.219. The van der Waals surface area contributed by atoms with Crippen LogP contribution in [0.2, 0.25) is 0 Å². The Hall–Kier alpha value is -3.69. The molecule has 0 amide bonds. The van der Waals surface area contributed by atoms with Gasteiger partial charge in [-0.05, 0) is 46.5 Å². The van der Waals surface area contributed by atoms with Gasteiger partial charge in [0, 0.05) is 26.0 Å². The van der Waals surface area contributed by atoms with Gasteiger partial charge < -0.3 is 0 Å². The molecule has 3 heteroatoms. The number of para-hydroxylation sites is 1. The highest BCUT2D eigenvalue weighted by molar-refractivity contribution is 9.10. The summed E-state index contributed by atoms with van der Waals surface area (Å²) >= 11 is 3.70. The summed E-state index contributed by atoms with van der Waals surface area (Å²) in [4.78, 5) is 5.20. The van der Waals surface area contributed by atoms with Gasteiger partial charge in [0.05, 0.1) is 16.6 Å². The summed E-state index contributed by atoms with van der Waals surface area (Å²) in [6.45, 7) is 0. The van der Waals surface area contributed by atoms with Crippen LogP contribution in [-0.2, 0) is 0 Å². The first-order valence-electron chi connectivity index (χ1n) is 10.7. The zero-order valence-electron chi connectivity index (χ0n) is 17.1. The van der Waals surface area contributed by atoms with Crippen molar-refractivity contribution in [3.05, 3.63) is 108 Å². The van der Waals surface area contributed by atoms with E-state index in [4.69, 9.17) is 4.98 Å². The molecule has 150 valence electrons. The molecule has 0 N–H and O–H groups in total. The van der Waals surface area contributed by atoms with Gasteiger partial charge in [-0.2, -0.15) is 0 Å². The van der Waals surface area contributed by atoms with Crippen molar-refractivity contribution in [1.29, 1.82) is 0 Å². The molecule has 7 rings (SSSR count). The summed E-state index contributed by atoms with van der Waals surface area (Å²) in [5.74, 6) is 0.969. The molecule has 0 aliphatic heterocycles. The minimum absolute atomic E-state index is 0.969. The molecule has 2 nitrogen and oxygen atoms in total. The first-order valence-corrected chi connectivity index (χ1v) is 11.5. The van der Waals surface area contributed by atoms with Crippen molar-refractivity contribution in [2.45, 2.75) is 0 Å². The maximum Gasteiger partial charge on any atom is 0.146 e. The number of halogens is 1. The zero-order valence-corrected chi connectivity index (χ0v) is 18.7. The van der Waals surface area contributed by atoms with E-state index in [-0.39, 0.29) is 0 Å². The van der Waals surface area contributed by atoms with Crippen LogP contribution < -0.4 is 0 Å². The molecule has 0 fully saturated rings. The van der Waals surface area contributed by atoms with Crippen LogP contribution in [0.25, 0.3) is 60.1 Å². The molecule has 0 aliphatic carbocycles. The lowest BCUT2D eigenvalue weighted by atomic mass is 10.0. The molecule has 0 atom stereocenters. The van der Waals surface area contributed by atoms with Gasteiger partial charge in [0.25, 0.3) is 0 Å². The van der Waals surface area contributed by atoms with Crippen LogP contribution in [-0.4, -0.2) is 9.55 Å². The average Bonchev–Trinajstić information content (AvgIpc) is 3.17. The molecule has 0 unspecified atom stereocenters. The Labute approximate surface area is 192 Å². The van der Waals surface area contributed by atoms with Gasteiger partial charge in [0.15, 0.2) is 0 Å². The summed E-state index contributed by atoms with van der Waals surface area (Å²) in [6.07, 6.45) is 0. The first kappa shape index (κ1) is 17.9. The highest BCUT2D eigenvalue weighted by atomic mass is 79.9. The molecule has 0 bridgehead atoms. The van der Waals surface area contributed by atoms with Crippen LogP contribution in [0.15, 0.2) is 108 Å². The van der Waals surface area contributed by atoms with E-state index in [1.165, 1.54) is 37.8 Å². The minimum Gasteiger partial charge on any atom is -0.293 e. The number of pyridine rings is 1. The molecule has 0 saturated heterocycles. The van der Waals surface area contributed by atoms with E-state index in [1.54, 1.807) is 0 Å². The van der Waals surface area contributed by atoms with Crippen molar-refractivity contribution in [2.24, 2.45) is 0 Å². The van der Waals surface area contributed by atoms with Crippen molar-refractivity contribution in [3.63, 3.8) is 0 Å². The average molecular weight is 473 g/mol. The highest BCUT2D eigenvalue weighted by Crippen LogP contribution is 2.39. The normalized spacial score (nSPS) is 11.9. The van der Waals surface area contributed by atoms with Crippen LogP contribution in [0, 0.1) is 0 Å². The number of nitrogens with zero attached hydrogens (tertiary/aromatic N) is 2. The first-order chi connectivity index (χ1) is 15.8. The van der Waals surface area contributed by atoms with Crippen molar-refractivity contribution in [3.8, 4) is 5.82 Å². The Morgan fingerprint density at radius 2 is 1.25 bits per heavy atom. The van der Waals surface area contributed by atoms with Crippen molar-refractivity contribution >= 4 is 70.2 Å². The lowest BCUT2D eigenvalue weighted by Gasteiger charge is -2.13. The summed E-state index contributed by atoms with van der Waals surface area (Å²) in [5.41, 5.74) is 3.34. The molecule has 32 heavy (non-hydrogen) atoms. The molecule has 2 heterocycles. The predicted octanol–water partition coefficient (Wildman–Crippen LogP) is 8.40. The lowest BCUT2D eigenvalue weighted by molar-refractivity contribution is 1.12. The largest absolute Gasteiger partial charge is 0.293 e. The van der Waals surface area contributed by atoms with Gasteiger partial charge in [-0.3, -0.25) is 4.57 Å². The molecular weight excluding hydrogens is 456 g/mol. The number of rotatable bonds is 1. The molecule has 0 radical (unpaired) electrons. The maximum absolute atomic E-state index is 5.20. The number of hydrogen-bond donors (Lipinski definition) is 0. The topological polar surface area (TPSA) is 17.8 Å². The second kappa shape index (κ2) is 6.65. The minimum atomic E-state index is 0.969. The second-order valence-electron chi connectivity index (χ2n) is 8.18. The molecular formula is C29H17BrN2. The van der Waals surface area contributed by atoms with E-state index >= 15 is 0 Å². The van der Waals surface area contributed by atoms with Gasteiger partial charge in [-0.15, -0.1) is 0 Å². The van der Waals surface area contributed by atoms with E-state index < -0.39 is 0 Å². The third-order valence-electron chi connectivity index (χ3n) is 6.42. The van der Waals surface area contributed by atoms with E-state index in [9.17, 15) is 0 Å². The van der Waals surface area contributed by atoms with Crippen LogP contribution in [0.5, 0.6) is 0 Å². The fourth-order valence-corrected chi connectivity index (χ4v) is 5.41. The van der Waals surface area contributed by atoms with E-state index in [2.05, 4.69) is 124 Å². The Balaban J connectivity index is 1.75. The van der Waals surface area contributed by atoms with E-state index in [1.807, 2.05) is 0 Å². The molecule has 0 aliphatic rings. The number of hydrogen-bond acceptors (Lipinski definition) is 1. The van der Waals surface area contributed by atoms with E-state index in [0.717, 1.165) is 26.7 Å². The molecule has 7 aromatic rings. The van der Waals surface area contributed by atoms with Gasteiger partial charge in [-0.25, -0.2) is 4.98 Å². The fraction of sp³-hybridized carbons (Fsp3) is 0. The van der Waals surface area contributed by atoms with Crippen LogP contribution in [0.4, 0.5) is 0 Å². The van der Waals surface area contributed by atoms with E-state index in [0.29, 0.717) is 0 Å². The summed E-state index contributed by atoms with van der Waals surface area (Å²) in [6, 6.07) is 36.6. The third-order valence-corrected chi connectivity index (χ3v) is 6.91. The smallest absolute Gasteiger partial charge is 0.146 e. The van der Waals surface area contributed by atoms with Crippen molar-refractivity contribution in [1.82, 2.24) is 9.55 Å². The third kappa shape index (κ3) is 2.43.